The van der Waals surface area contributed by atoms with Crippen molar-refractivity contribution in [2.45, 2.75) is 32.4 Å². The van der Waals surface area contributed by atoms with Gasteiger partial charge in [0.2, 0.25) is 0 Å². The summed E-state index contributed by atoms with van der Waals surface area (Å²) >= 11 is 0. The zero-order valence-corrected chi connectivity index (χ0v) is 11.8. The Labute approximate surface area is 116 Å². The van der Waals surface area contributed by atoms with Gasteiger partial charge in [-0.3, -0.25) is 9.80 Å². The molecule has 1 atom stereocenters. The molecule has 1 aliphatic heterocycles. The van der Waals surface area contributed by atoms with Gasteiger partial charge in [0.15, 0.2) is 0 Å². The van der Waals surface area contributed by atoms with Gasteiger partial charge in [-0.25, -0.2) is 0 Å². The Balaban J connectivity index is 1.81. The van der Waals surface area contributed by atoms with Crippen LogP contribution in [-0.4, -0.2) is 42.0 Å². The molecule has 1 unspecified atom stereocenters. The van der Waals surface area contributed by atoms with Gasteiger partial charge in [-0.15, -0.1) is 0 Å². The van der Waals surface area contributed by atoms with E-state index in [1.807, 2.05) is 0 Å². The fourth-order valence-electron chi connectivity index (χ4n) is 2.77. The summed E-state index contributed by atoms with van der Waals surface area (Å²) in [5.41, 5.74) is 1.39. The molecule has 3 heteroatoms. The van der Waals surface area contributed by atoms with E-state index < -0.39 is 0 Å². The van der Waals surface area contributed by atoms with Gasteiger partial charge in [-0.2, -0.15) is 5.26 Å². The average Bonchev–Trinajstić information content (AvgIpc) is 2.47. The lowest BCUT2D eigenvalue weighted by atomic mass is 10.1. The highest BCUT2D eigenvalue weighted by atomic mass is 15.3. The Bertz CT molecular complexity index is 402. The van der Waals surface area contributed by atoms with E-state index in [1.54, 1.807) is 0 Å². The molecule has 0 aromatic heterocycles. The van der Waals surface area contributed by atoms with Crippen molar-refractivity contribution in [1.29, 1.82) is 5.26 Å². The Hall–Kier alpha value is -1.37. The third-order valence-corrected chi connectivity index (χ3v) is 3.97. The summed E-state index contributed by atoms with van der Waals surface area (Å²) in [5.74, 6) is 0. The van der Waals surface area contributed by atoms with Crippen molar-refractivity contribution in [1.82, 2.24) is 9.80 Å². The molecule has 1 aromatic rings. The van der Waals surface area contributed by atoms with Crippen LogP contribution in [0.3, 0.4) is 0 Å². The Morgan fingerprint density at radius 2 is 1.84 bits per heavy atom. The van der Waals surface area contributed by atoms with Gasteiger partial charge in [0, 0.05) is 38.8 Å². The second-order valence-corrected chi connectivity index (χ2v) is 5.22. The molecule has 1 aromatic carbocycles. The lowest BCUT2D eigenvalue weighted by Crippen LogP contribution is -2.49. The molecule has 1 aliphatic rings. The van der Waals surface area contributed by atoms with Gasteiger partial charge < -0.3 is 0 Å². The van der Waals surface area contributed by atoms with E-state index in [9.17, 15) is 0 Å². The fraction of sp³-hybridized carbons (Fsp3) is 0.562. The number of nitriles is 1. The molecule has 0 aliphatic carbocycles. The maximum Gasteiger partial charge on any atom is 0.0638 e. The van der Waals surface area contributed by atoms with Crippen molar-refractivity contribution >= 4 is 0 Å². The van der Waals surface area contributed by atoms with Gasteiger partial charge in [-0.1, -0.05) is 37.3 Å². The molecule has 19 heavy (non-hydrogen) atoms. The van der Waals surface area contributed by atoms with Crippen LogP contribution in [0.25, 0.3) is 0 Å². The topological polar surface area (TPSA) is 30.3 Å². The van der Waals surface area contributed by atoms with Crippen molar-refractivity contribution in [2.24, 2.45) is 0 Å². The van der Waals surface area contributed by atoms with E-state index in [0.29, 0.717) is 12.5 Å². The second-order valence-electron chi connectivity index (χ2n) is 5.22. The Morgan fingerprint density at radius 1 is 1.16 bits per heavy atom. The Morgan fingerprint density at radius 3 is 2.42 bits per heavy atom. The molecule has 0 amide bonds. The van der Waals surface area contributed by atoms with E-state index in [-0.39, 0.29) is 0 Å². The first-order chi connectivity index (χ1) is 9.33. The molecule has 0 spiro atoms. The predicted octanol–water partition coefficient (Wildman–Crippen LogP) is 2.50. The van der Waals surface area contributed by atoms with E-state index in [4.69, 9.17) is 5.26 Å². The summed E-state index contributed by atoms with van der Waals surface area (Å²) in [5, 5.41) is 8.86. The van der Waals surface area contributed by atoms with E-state index >= 15 is 0 Å². The molecule has 3 nitrogen and oxygen atoms in total. The summed E-state index contributed by atoms with van der Waals surface area (Å²) < 4.78 is 0. The quantitative estimate of drug-likeness (QED) is 0.812. The molecular formula is C16H23N3. The van der Waals surface area contributed by atoms with E-state index in [2.05, 4.69) is 53.1 Å². The monoisotopic (exact) mass is 257 g/mol. The van der Waals surface area contributed by atoms with Gasteiger partial charge >= 0.3 is 0 Å². The van der Waals surface area contributed by atoms with Crippen molar-refractivity contribution < 1.29 is 0 Å². The number of nitrogens with zero attached hydrogens (tertiary/aromatic N) is 3. The summed E-state index contributed by atoms with van der Waals surface area (Å²) in [6, 6.07) is 13.4. The minimum atomic E-state index is 0.448. The Kier molecular flexibility index (Phi) is 5.38. The standard InChI is InChI=1S/C16H23N3/c1-2-16(8-9-17)19-12-10-18(11-13-19)14-15-6-4-3-5-7-15/h3-7,16H,2,8,10-14H2,1H3. The van der Waals surface area contributed by atoms with Crippen molar-refractivity contribution in [3.05, 3.63) is 35.9 Å². The maximum atomic E-state index is 8.86. The van der Waals surface area contributed by atoms with E-state index in [1.165, 1.54) is 5.56 Å². The number of piperazine rings is 1. The average molecular weight is 257 g/mol. The molecule has 2 rings (SSSR count). The fourth-order valence-corrected chi connectivity index (χ4v) is 2.77. The van der Waals surface area contributed by atoms with Crippen molar-refractivity contribution in [3.8, 4) is 6.07 Å². The first-order valence-corrected chi connectivity index (χ1v) is 7.20. The van der Waals surface area contributed by atoms with Gasteiger partial charge in [0.25, 0.3) is 0 Å². The molecule has 1 fully saturated rings. The zero-order chi connectivity index (χ0) is 13.5. The molecule has 102 valence electrons. The van der Waals surface area contributed by atoms with Crippen LogP contribution in [0.2, 0.25) is 0 Å². The maximum absolute atomic E-state index is 8.86. The molecule has 1 saturated heterocycles. The van der Waals surface area contributed by atoms with Crippen LogP contribution in [0.4, 0.5) is 0 Å². The number of hydrogen-bond donors (Lipinski definition) is 0. The normalized spacial score (nSPS) is 18.9. The van der Waals surface area contributed by atoms with Crippen LogP contribution in [-0.2, 0) is 6.54 Å². The van der Waals surface area contributed by atoms with Crippen LogP contribution in [0.15, 0.2) is 30.3 Å². The first-order valence-electron chi connectivity index (χ1n) is 7.20. The van der Waals surface area contributed by atoms with Crippen LogP contribution in [0.1, 0.15) is 25.3 Å². The molecule has 0 saturated carbocycles. The van der Waals surface area contributed by atoms with Crippen molar-refractivity contribution in [2.75, 3.05) is 26.2 Å². The molecule has 1 heterocycles. The second kappa shape index (κ2) is 7.28. The highest BCUT2D eigenvalue weighted by Gasteiger charge is 2.22. The van der Waals surface area contributed by atoms with Gasteiger partial charge in [-0.05, 0) is 12.0 Å². The minimum absolute atomic E-state index is 0.448. The van der Waals surface area contributed by atoms with E-state index in [0.717, 1.165) is 39.1 Å². The largest absolute Gasteiger partial charge is 0.297 e. The lowest BCUT2D eigenvalue weighted by Gasteiger charge is -2.38. The van der Waals surface area contributed by atoms with Gasteiger partial charge in [0.1, 0.15) is 0 Å². The lowest BCUT2D eigenvalue weighted by molar-refractivity contribution is 0.0913. The SMILES string of the molecule is CCC(CC#N)N1CCN(Cc2ccccc2)CC1. The molecule has 0 bridgehead atoms. The predicted molar refractivity (Wildman–Crippen MR) is 77.6 cm³/mol. The van der Waals surface area contributed by atoms with Crippen LogP contribution in [0, 0.1) is 11.3 Å². The number of benzene rings is 1. The summed E-state index contributed by atoms with van der Waals surface area (Å²) in [6.07, 6.45) is 1.74. The third kappa shape index (κ3) is 4.05. The van der Waals surface area contributed by atoms with Crippen LogP contribution in [0.5, 0.6) is 0 Å². The first kappa shape index (κ1) is 14.0. The summed E-state index contributed by atoms with van der Waals surface area (Å²) in [6.45, 7) is 7.62. The summed E-state index contributed by atoms with van der Waals surface area (Å²) in [4.78, 5) is 4.98. The highest BCUT2D eigenvalue weighted by molar-refractivity contribution is 5.14. The van der Waals surface area contributed by atoms with Crippen molar-refractivity contribution in [3.63, 3.8) is 0 Å². The number of rotatable bonds is 5. The van der Waals surface area contributed by atoms with Gasteiger partial charge in [0.05, 0.1) is 12.5 Å². The number of hydrogen-bond acceptors (Lipinski definition) is 3. The third-order valence-electron chi connectivity index (χ3n) is 3.97. The van der Waals surface area contributed by atoms with Crippen LogP contribution < -0.4 is 0 Å². The summed E-state index contributed by atoms with van der Waals surface area (Å²) in [7, 11) is 0. The minimum Gasteiger partial charge on any atom is -0.297 e. The highest BCUT2D eigenvalue weighted by Crippen LogP contribution is 2.14. The zero-order valence-electron chi connectivity index (χ0n) is 11.8. The van der Waals surface area contributed by atoms with Crippen LogP contribution >= 0.6 is 0 Å². The molecule has 0 N–H and O–H groups in total. The molecule has 0 radical (unpaired) electrons. The smallest absolute Gasteiger partial charge is 0.0638 e. The molecular weight excluding hydrogens is 234 g/mol.